The fourth-order valence-electron chi connectivity index (χ4n) is 4.10. The number of methoxy groups -OCH3 is 3. The number of esters is 3. The number of carbonyl (C=O) groups is 3. The van der Waals surface area contributed by atoms with Crippen molar-refractivity contribution in [3.8, 4) is 0 Å². The molecule has 0 spiro atoms. The van der Waals surface area contributed by atoms with Crippen LogP contribution in [-0.4, -0.2) is 64.0 Å². The Morgan fingerprint density at radius 2 is 1.55 bits per heavy atom. The number of ether oxygens (including phenoxy) is 3. The van der Waals surface area contributed by atoms with Crippen LogP contribution in [0.5, 0.6) is 0 Å². The molecule has 0 bridgehead atoms. The smallest absolute Gasteiger partial charge is 0.324 e. The summed E-state index contributed by atoms with van der Waals surface area (Å²) in [5, 5.41) is 0. The minimum atomic E-state index is -4.20. The van der Waals surface area contributed by atoms with E-state index >= 15 is 0 Å². The third kappa shape index (κ3) is 4.31. The van der Waals surface area contributed by atoms with Crippen LogP contribution in [0.15, 0.2) is 29.2 Å². The van der Waals surface area contributed by atoms with Crippen molar-refractivity contribution >= 4 is 27.9 Å². The zero-order valence-electron chi connectivity index (χ0n) is 18.6. The minimum Gasteiger partial charge on any atom is -0.469 e. The van der Waals surface area contributed by atoms with Crippen molar-refractivity contribution in [2.45, 2.75) is 50.6 Å². The summed E-state index contributed by atoms with van der Waals surface area (Å²) in [7, 11) is -0.849. The average molecular weight is 456 g/mol. The Morgan fingerprint density at radius 1 is 1.03 bits per heavy atom. The molecule has 10 heteroatoms. The van der Waals surface area contributed by atoms with Crippen molar-refractivity contribution in [1.29, 1.82) is 0 Å². The molecule has 2 atom stereocenters. The number of hydrogen-bond donors (Lipinski definition) is 0. The summed E-state index contributed by atoms with van der Waals surface area (Å²) in [5.41, 5.74) is -1.14. The summed E-state index contributed by atoms with van der Waals surface area (Å²) >= 11 is 0. The zero-order valence-corrected chi connectivity index (χ0v) is 19.4. The standard InChI is InChI=1S/C21H29NO8S/c1-13(2)16-12-21(19(24)29-5,20(25)30-6)17(11-18(23)28-4)22(16)31(26,27)15-9-7-14(3)8-10-15/h7-10,13,16-17H,11-12H2,1-6H3/t16?,17-/m1/s1. The summed E-state index contributed by atoms with van der Waals surface area (Å²) in [4.78, 5) is 38.1. The average Bonchev–Trinajstić information content (AvgIpc) is 3.09. The molecule has 0 N–H and O–H groups in total. The second-order valence-corrected chi connectivity index (χ2v) is 9.76. The number of carbonyl (C=O) groups excluding carboxylic acids is 3. The highest BCUT2D eigenvalue weighted by Gasteiger charge is 2.66. The molecule has 1 unspecified atom stereocenters. The molecule has 31 heavy (non-hydrogen) atoms. The van der Waals surface area contributed by atoms with E-state index in [2.05, 4.69) is 0 Å². The molecule has 9 nitrogen and oxygen atoms in total. The van der Waals surface area contributed by atoms with Crippen LogP contribution in [0.25, 0.3) is 0 Å². The first-order chi connectivity index (χ1) is 14.5. The maximum atomic E-state index is 13.7. The van der Waals surface area contributed by atoms with Gasteiger partial charge in [0, 0.05) is 6.04 Å². The lowest BCUT2D eigenvalue weighted by Gasteiger charge is -2.34. The lowest BCUT2D eigenvalue weighted by atomic mass is 9.77. The summed E-state index contributed by atoms with van der Waals surface area (Å²) < 4.78 is 43.1. The van der Waals surface area contributed by atoms with E-state index in [1.165, 1.54) is 12.1 Å². The predicted molar refractivity (Wildman–Crippen MR) is 110 cm³/mol. The van der Waals surface area contributed by atoms with Gasteiger partial charge in [-0.3, -0.25) is 14.4 Å². The third-order valence-corrected chi connectivity index (χ3v) is 7.74. The summed E-state index contributed by atoms with van der Waals surface area (Å²) in [6.45, 7) is 5.38. The molecule has 0 amide bonds. The number of benzene rings is 1. The van der Waals surface area contributed by atoms with E-state index < -0.39 is 51.9 Å². The monoisotopic (exact) mass is 455 g/mol. The van der Waals surface area contributed by atoms with E-state index in [1.807, 2.05) is 6.92 Å². The Labute approximate surface area is 182 Å². The molecule has 1 heterocycles. The van der Waals surface area contributed by atoms with Crippen molar-refractivity contribution in [3.05, 3.63) is 29.8 Å². The maximum absolute atomic E-state index is 13.7. The Hall–Kier alpha value is -2.46. The van der Waals surface area contributed by atoms with Gasteiger partial charge < -0.3 is 14.2 Å². The van der Waals surface area contributed by atoms with Gasteiger partial charge >= 0.3 is 17.9 Å². The molecule has 0 aliphatic carbocycles. The zero-order chi connectivity index (χ0) is 23.6. The van der Waals surface area contributed by atoms with Crippen molar-refractivity contribution in [2.24, 2.45) is 11.3 Å². The maximum Gasteiger partial charge on any atom is 0.324 e. The fraction of sp³-hybridized carbons (Fsp3) is 0.571. The van der Waals surface area contributed by atoms with Crippen LogP contribution in [0.4, 0.5) is 0 Å². The molecule has 1 fully saturated rings. The lowest BCUT2D eigenvalue weighted by Crippen LogP contribution is -2.53. The summed E-state index contributed by atoms with van der Waals surface area (Å²) in [6, 6.07) is 4.06. The molecule has 1 aliphatic rings. The van der Waals surface area contributed by atoms with Crippen LogP contribution >= 0.6 is 0 Å². The van der Waals surface area contributed by atoms with Gasteiger partial charge in [0.25, 0.3) is 0 Å². The fourth-order valence-corrected chi connectivity index (χ4v) is 6.09. The van der Waals surface area contributed by atoms with Gasteiger partial charge in [0.2, 0.25) is 10.0 Å². The van der Waals surface area contributed by atoms with E-state index in [9.17, 15) is 22.8 Å². The van der Waals surface area contributed by atoms with Crippen molar-refractivity contribution in [1.82, 2.24) is 4.31 Å². The van der Waals surface area contributed by atoms with Gasteiger partial charge in [-0.25, -0.2) is 8.42 Å². The second-order valence-electron chi connectivity index (χ2n) is 7.91. The number of rotatable bonds is 7. The van der Waals surface area contributed by atoms with Crippen molar-refractivity contribution in [2.75, 3.05) is 21.3 Å². The van der Waals surface area contributed by atoms with E-state index in [4.69, 9.17) is 14.2 Å². The van der Waals surface area contributed by atoms with E-state index in [1.54, 1.807) is 26.0 Å². The lowest BCUT2D eigenvalue weighted by molar-refractivity contribution is -0.171. The van der Waals surface area contributed by atoms with Gasteiger partial charge in [0.15, 0.2) is 5.41 Å². The molecule has 1 aromatic carbocycles. The molecule has 0 saturated carbocycles. The minimum absolute atomic E-state index is 0.0100. The molecule has 0 radical (unpaired) electrons. The van der Waals surface area contributed by atoms with Gasteiger partial charge in [0.1, 0.15) is 0 Å². The Bertz CT molecular complexity index is 923. The molecule has 1 saturated heterocycles. The van der Waals surface area contributed by atoms with E-state index in [0.717, 1.165) is 31.2 Å². The van der Waals surface area contributed by atoms with Gasteiger partial charge in [-0.15, -0.1) is 0 Å². The molecule has 0 aromatic heterocycles. The molecule has 2 rings (SSSR count). The Kier molecular flexibility index (Phi) is 7.48. The largest absolute Gasteiger partial charge is 0.469 e. The van der Waals surface area contributed by atoms with Crippen LogP contribution in [0.3, 0.4) is 0 Å². The van der Waals surface area contributed by atoms with Crippen LogP contribution in [0.2, 0.25) is 0 Å². The quantitative estimate of drug-likeness (QED) is 0.346. The van der Waals surface area contributed by atoms with Gasteiger partial charge in [-0.05, 0) is 31.4 Å². The number of hydrogen-bond acceptors (Lipinski definition) is 8. The predicted octanol–water partition coefficient (Wildman–Crippen LogP) is 1.68. The van der Waals surface area contributed by atoms with Gasteiger partial charge in [-0.2, -0.15) is 4.31 Å². The van der Waals surface area contributed by atoms with Crippen LogP contribution in [0, 0.1) is 18.3 Å². The summed E-state index contributed by atoms with van der Waals surface area (Å²) in [6.07, 6.45) is -0.703. The van der Waals surface area contributed by atoms with E-state index in [-0.39, 0.29) is 17.2 Å². The van der Waals surface area contributed by atoms with Crippen LogP contribution < -0.4 is 0 Å². The molecule has 172 valence electrons. The molecular formula is C21H29NO8S. The first-order valence-electron chi connectivity index (χ1n) is 9.81. The number of sulfonamides is 1. The SMILES string of the molecule is COC(=O)C[C@H]1N(S(=O)(=O)c2ccc(C)cc2)C(C(C)C)CC1(C(=O)OC)C(=O)OC. The highest BCUT2D eigenvalue weighted by molar-refractivity contribution is 7.89. The first kappa shape index (κ1) is 24.8. The van der Waals surface area contributed by atoms with Crippen molar-refractivity contribution in [3.63, 3.8) is 0 Å². The Morgan fingerprint density at radius 3 is 1.97 bits per heavy atom. The van der Waals surface area contributed by atoms with Crippen molar-refractivity contribution < 1.29 is 37.0 Å². The van der Waals surface area contributed by atoms with Crippen LogP contribution in [-0.2, 0) is 38.6 Å². The highest BCUT2D eigenvalue weighted by atomic mass is 32.2. The van der Waals surface area contributed by atoms with E-state index in [0.29, 0.717) is 0 Å². The van der Waals surface area contributed by atoms with Gasteiger partial charge in [0.05, 0.1) is 38.7 Å². The van der Waals surface area contributed by atoms with Gasteiger partial charge in [-0.1, -0.05) is 31.5 Å². The number of aryl methyl sites for hydroxylation is 1. The third-order valence-electron chi connectivity index (χ3n) is 5.79. The van der Waals surface area contributed by atoms with Crippen LogP contribution in [0.1, 0.15) is 32.3 Å². The number of nitrogens with zero attached hydrogens (tertiary/aromatic N) is 1. The normalized spacial score (nSPS) is 21.0. The first-order valence-corrected chi connectivity index (χ1v) is 11.2. The summed E-state index contributed by atoms with van der Waals surface area (Å²) in [5.74, 6) is -2.96. The molecule has 1 aromatic rings. The highest BCUT2D eigenvalue weighted by Crippen LogP contribution is 2.49. The second kappa shape index (κ2) is 9.35. The molecule has 1 aliphatic heterocycles. The topological polar surface area (TPSA) is 116 Å². The molecular weight excluding hydrogens is 426 g/mol. The Balaban J connectivity index is 2.80.